The van der Waals surface area contributed by atoms with E-state index in [2.05, 4.69) is 0 Å². The Hall–Kier alpha value is -0.0151. The molecule has 0 aliphatic carbocycles. The Morgan fingerprint density at radius 3 is 2.00 bits per heavy atom. The Kier molecular flexibility index (Phi) is 1.31. The third-order valence-electron chi connectivity index (χ3n) is 0. The maximum absolute atomic E-state index is 7.89. The maximum Gasteiger partial charge on any atom is 0.220 e. The summed E-state index contributed by atoms with van der Waals surface area (Å²) in [6.07, 6.45) is 0. The van der Waals surface area contributed by atoms with Crippen molar-refractivity contribution in [3.63, 3.8) is 0 Å². The first-order valence-electron chi connectivity index (χ1n) is 1.09. The lowest BCUT2D eigenvalue weighted by Gasteiger charge is -1.89. The van der Waals surface area contributed by atoms with Crippen LogP contribution in [0, 0.1) is 0 Å². The smallest absolute Gasteiger partial charge is 0.220 e. The predicted octanol–water partition coefficient (Wildman–Crippen LogP) is -1.14. The van der Waals surface area contributed by atoms with E-state index in [9.17, 15) is 0 Å². The topological polar surface area (TPSA) is 23.5 Å². The number of hydrogen-bond donors (Lipinski definition) is 1. The minimum absolute atomic E-state index is 1.00. The van der Waals surface area contributed by atoms with Gasteiger partial charge in [0, 0.05) is 0 Å². The van der Waals surface area contributed by atoms with Gasteiger partial charge in [-0.1, -0.05) is 0 Å². The Bertz CT molecular complexity index is 12.8. The standard InChI is InChI=1S/CH6BNO/c1-3(2)4/h4H,2H2,1H3. The molecule has 24 valence electrons. The summed E-state index contributed by atoms with van der Waals surface area (Å²) in [6, 6.07) is 0. The zero-order chi connectivity index (χ0) is 3.58. The molecule has 0 aromatic rings. The highest BCUT2D eigenvalue weighted by atomic mass is 16.5. The fourth-order valence-corrected chi connectivity index (χ4v) is 0. The number of nitrogens with zero attached hydrogens (tertiary/aromatic N) is 1. The van der Waals surface area contributed by atoms with Crippen molar-refractivity contribution >= 4 is 7.98 Å². The van der Waals surface area contributed by atoms with Gasteiger partial charge < -0.3 is 5.21 Å². The minimum Gasteiger partial charge on any atom is -0.327 e. The van der Waals surface area contributed by atoms with Crippen LogP contribution in [0.3, 0.4) is 0 Å². The van der Waals surface area contributed by atoms with E-state index in [-0.39, 0.29) is 0 Å². The van der Waals surface area contributed by atoms with E-state index < -0.39 is 0 Å². The predicted molar refractivity (Wildman–Crippen MR) is 18.1 cm³/mol. The van der Waals surface area contributed by atoms with E-state index in [1.807, 2.05) is 0 Å². The maximum atomic E-state index is 7.89. The number of hydroxylamine groups is 1. The van der Waals surface area contributed by atoms with Crippen molar-refractivity contribution in [2.24, 2.45) is 0 Å². The van der Waals surface area contributed by atoms with Crippen LogP contribution in [-0.4, -0.2) is 25.2 Å². The molecule has 0 aromatic heterocycles. The van der Waals surface area contributed by atoms with Gasteiger partial charge in [-0.15, -0.1) is 0 Å². The first kappa shape index (κ1) is 3.98. The molecular formula is CH6BNO. The molecule has 0 aliphatic heterocycles. The molecule has 0 radical (unpaired) electrons. The Morgan fingerprint density at radius 1 is 2.00 bits per heavy atom. The second kappa shape index (κ2) is 1.32. The molecule has 0 fully saturated rings. The van der Waals surface area contributed by atoms with Gasteiger partial charge in [-0.25, -0.2) is 4.97 Å². The van der Waals surface area contributed by atoms with E-state index in [1.54, 1.807) is 15.0 Å². The van der Waals surface area contributed by atoms with Crippen molar-refractivity contribution in [2.75, 3.05) is 7.05 Å². The summed E-state index contributed by atoms with van der Waals surface area (Å²) in [5, 5.41) is 7.89. The summed E-state index contributed by atoms with van der Waals surface area (Å²) in [6.45, 7) is 0. The third-order valence-corrected chi connectivity index (χ3v) is 0. The Balaban J connectivity index is 2.32. The van der Waals surface area contributed by atoms with Crippen molar-refractivity contribution in [2.45, 2.75) is 0 Å². The highest BCUT2D eigenvalue weighted by Gasteiger charge is 1.61. The molecule has 3 heteroatoms. The molecule has 4 heavy (non-hydrogen) atoms. The highest BCUT2D eigenvalue weighted by molar-refractivity contribution is 6.03. The molecule has 0 aromatic carbocycles. The van der Waals surface area contributed by atoms with Crippen molar-refractivity contribution in [1.29, 1.82) is 0 Å². The molecule has 0 amide bonds. The summed E-state index contributed by atoms with van der Waals surface area (Å²) >= 11 is 0. The van der Waals surface area contributed by atoms with Gasteiger partial charge in [0.2, 0.25) is 7.98 Å². The van der Waals surface area contributed by atoms with E-state index in [1.165, 1.54) is 0 Å². The van der Waals surface area contributed by atoms with Crippen molar-refractivity contribution in [1.82, 2.24) is 4.97 Å². The number of rotatable bonds is 0. The van der Waals surface area contributed by atoms with Gasteiger partial charge in [-0.2, -0.15) is 0 Å². The van der Waals surface area contributed by atoms with Crippen LogP contribution in [0.4, 0.5) is 0 Å². The average Bonchev–Trinajstić information content (AvgIpc) is 0.811. The van der Waals surface area contributed by atoms with Crippen LogP contribution in [-0.2, 0) is 0 Å². The lowest BCUT2D eigenvalue weighted by Crippen LogP contribution is -2.04. The van der Waals surface area contributed by atoms with Crippen LogP contribution in [0.15, 0.2) is 0 Å². The van der Waals surface area contributed by atoms with E-state index >= 15 is 0 Å². The molecule has 0 unspecified atom stereocenters. The van der Waals surface area contributed by atoms with Crippen LogP contribution in [0.25, 0.3) is 0 Å². The first-order valence-corrected chi connectivity index (χ1v) is 1.09. The summed E-state index contributed by atoms with van der Waals surface area (Å²) in [7, 11) is 3.11. The summed E-state index contributed by atoms with van der Waals surface area (Å²) in [4.78, 5) is 1.00. The van der Waals surface area contributed by atoms with Crippen LogP contribution in [0.1, 0.15) is 0 Å². The average molecular weight is 58.9 g/mol. The molecule has 0 spiro atoms. The fourth-order valence-electron chi connectivity index (χ4n) is 0. The largest absolute Gasteiger partial charge is 0.327 e. The molecule has 0 atom stereocenters. The second-order valence-corrected chi connectivity index (χ2v) is 0.847. The van der Waals surface area contributed by atoms with Gasteiger partial charge in [-0.05, 0) is 7.05 Å². The van der Waals surface area contributed by atoms with Crippen LogP contribution >= 0.6 is 0 Å². The van der Waals surface area contributed by atoms with Crippen molar-refractivity contribution in [3.05, 3.63) is 0 Å². The quantitative estimate of drug-likeness (QED) is 0.281. The monoisotopic (exact) mass is 59.1 g/mol. The molecule has 1 N–H and O–H groups in total. The minimum atomic E-state index is 1.00. The van der Waals surface area contributed by atoms with Gasteiger partial charge in [0.15, 0.2) is 0 Å². The molecule has 0 bridgehead atoms. The van der Waals surface area contributed by atoms with Gasteiger partial charge in [-0.3, -0.25) is 0 Å². The van der Waals surface area contributed by atoms with Crippen molar-refractivity contribution in [3.8, 4) is 0 Å². The number of hydrogen-bond acceptors (Lipinski definition) is 2. The Labute approximate surface area is 26.4 Å². The zero-order valence-corrected chi connectivity index (χ0v) is 2.89. The Morgan fingerprint density at radius 2 is 2.00 bits per heavy atom. The first-order chi connectivity index (χ1) is 1.73. The molecule has 0 rings (SSSR count). The lowest BCUT2D eigenvalue weighted by atomic mass is 10.4. The van der Waals surface area contributed by atoms with Crippen molar-refractivity contribution < 1.29 is 5.21 Å². The molecular weight excluding hydrogens is 52.8 g/mol. The van der Waals surface area contributed by atoms with E-state index in [4.69, 9.17) is 5.21 Å². The van der Waals surface area contributed by atoms with Gasteiger partial charge in [0.25, 0.3) is 0 Å². The van der Waals surface area contributed by atoms with Crippen LogP contribution in [0.2, 0.25) is 0 Å². The van der Waals surface area contributed by atoms with Crippen LogP contribution in [0.5, 0.6) is 0 Å². The van der Waals surface area contributed by atoms with Crippen LogP contribution < -0.4 is 0 Å². The molecule has 0 aliphatic rings. The molecule has 0 saturated heterocycles. The lowest BCUT2D eigenvalue weighted by molar-refractivity contribution is 0.0332. The summed E-state index contributed by atoms with van der Waals surface area (Å²) in [5.74, 6) is 0. The third kappa shape index (κ3) is 8480. The van der Waals surface area contributed by atoms with E-state index in [0.29, 0.717) is 0 Å². The SMILES string of the molecule is BN(C)O. The second-order valence-electron chi connectivity index (χ2n) is 0.847. The van der Waals surface area contributed by atoms with Gasteiger partial charge in [0.1, 0.15) is 0 Å². The van der Waals surface area contributed by atoms with Gasteiger partial charge >= 0.3 is 0 Å². The van der Waals surface area contributed by atoms with Gasteiger partial charge in [0.05, 0.1) is 0 Å². The highest BCUT2D eigenvalue weighted by Crippen LogP contribution is 1.43. The fraction of sp³-hybridized carbons (Fsp3) is 1.00. The molecule has 0 saturated carbocycles. The zero-order valence-electron chi connectivity index (χ0n) is 2.89. The summed E-state index contributed by atoms with van der Waals surface area (Å²) < 4.78 is 0. The summed E-state index contributed by atoms with van der Waals surface area (Å²) in [5.41, 5.74) is 0. The molecule has 2 nitrogen and oxygen atoms in total. The normalized spacial score (nSPS) is 8.75. The van der Waals surface area contributed by atoms with E-state index in [0.717, 1.165) is 4.97 Å². The molecule has 0 heterocycles.